The lowest BCUT2D eigenvalue weighted by atomic mass is 9.79. The second kappa shape index (κ2) is 7.64. The van der Waals surface area contributed by atoms with E-state index in [1.807, 2.05) is 18.2 Å². The van der Waals surface area contributed by atoms with E-state index in [1.54, 1.807) is 5.38 Å². The van der Waals surface area contributed by atoms with Gasteiger partial charge in [-0.3, -0.25) is 4.79 Å². The molecule has 1 aromatic carbocycles. The second-order valence-corrected chi connectivity index (χ2v) is 7.72. The van der Waals surface area contributed by atoms with Crippen molar-refractivity contribution in [3.8, 4) is 0 Å². The van der Waals surface area contributed by atoms with E-state index in [1.165, 1.54) is 29.7 Å². The maximum atomic E-state index is 12.4. The lowest BCUT2D eigenvalue weighted by Gasteiger charge is -2.30. The molecule has 3 N–H and O–H groups in total. The van der Waals surface area contributed by atoms with Gasteiger partial charge in [-0.25, -0.2) is 4.98 Å². The van der Waals surface area contributed by atoms with Crippen molar-refractivity contribution in [2.24, 2.45) is 5.73 Å². The van der Waals surface area contributed by atoms with Gasteiger partial charge in [0.25, 0.3) is 5.91 Å². The first kappa shape index (κ1) is 17.4. The first-order chi connectivity index (χ1) is 11.6. The zero-order chi connectivity index (χ0) is 17.0. The number of carbonyl (C=O) groups excluding carboxylic acids is 1. The molecule has 1 aliphatic carbocycles. The molecule has 1 aliphatic rings. The minimum atomic E-state index is -0.108. The average molecular weight is 364 g/mol. The monoisotopic (exact) mass is 363 g/mol. The Kier molecular flexibility index (Phi) is 5.54. The molecule has 1 fully saturated rings. The van der Waals surface area contributed by atoms with Crippen LogP contribution >= 0.6 is 22.9 Å². The number of rotatable bonds is 6. The summed E-state index contributed by atoms with van der Waals surface area (Å²) in [7, 11) is 0. The van der Waals surface area contributed by atoms with Gasteiger partial charge in [-0.2, -0.15) is 0 Å². The fraction of sp³-hybridized carbons (Fsp3) is 0.444. The van der Waals surface area contributed by atoms with Gasteiger partial charge in [0.2, 0.25) is 0 Å². The van der Waals surface area contributed by atoms with E-state index in [4.69, 9.17) is 17.3 Å². The highest BCUT2D eigenvalue weighted by molar-refractivity contribution is 7.09. The van der Waals surface area contributed by atoms with Crippen molar-refractivity contribution >= 4 is 28.8 Å². The number of nitrogens with two attached hydrogens (primary N) is 1. The summed E-state index contributed by atoms with van der Waals surface area (Å²) in [5, 5.41) is 6.55. The Bertz CT molecular complexity index is 710. The number of amides is 1. The van der Waals surface area contributed by atoms with Gasteiger partial charge in [0.05, 0.1) is 5.01 Å². The van der Waals surface area contributed by atoms with Crippen LogP contribution in [0.4, 0.5) is 0 Å². The van der Waals surface area contributed by atoms with Gasteiger partial charge in [0.1, 0.15) is 5.69 Å². The van der Waals surface area contributed by atoms with Crippen molar-refractivity contribution in [2.45, 2.75) is 37.5 Å². The highest BCUT2D eigenvalue weighted by atomic mass is 35.5. The lowest BCUT2D eigenvalue weighted by Crippen LogP contribution is -2.39. The minimum absolute atomic E-state index is 0.0172. The van der Waals surface area contributed by atoms with Gasteiger partial charge in [0.15, 0.2) is 0 Å². The topological polar surface area (TPSA) is 68.0 Å². The Morgan fingerprint density at radius 2 is 2.17 bits per heavy atom. The van der Waals surface area contributed by atoms with Gasteiger partial charge < -0.3 is 11.1 Å². The van der Waals surface area contributed by atoms with E-state index in [0.29, 0.717) is 25.2 Å². The molecular weight excluding hydrogens is 342 g/mol. The van der Waals surface area contributed by atoms with E-state index < -0.39 is 0 Å². The van der Waals surface area contributed by atoms with Crippen molar-refractivity contribution in [3.63, 3.8) is 0 Å². The lowest BCUT2D eigenvalue weighted by molar-refractivity contribution is 0.0938. The number of nitrogens with one attached hydrogen (secondary N) is 1. The Morgan fingerprint density at radius 3 is 2.88 bits per heavy atom. The number of thiazole rings is 1. The number of aromatic nitrogens is 1. The second-order valence-electron chi connectivity index (χ2n) is 6.35. The Labute approximate surface area is 151 Å². The summed E-state index contributed by atoms with van der Waals surface area (Å²) in [6.45, 7) is 1.17. The van der Waals surface area contributed by atoms with Crippen LogP contribution in [0.25, 0.3) is 0 Å². The molecule has 0 spiro atoms. The fourth-order valence-corrected chi connectivity index (χ4v) is 4.42. The molecule has 1 amide bonds. The number of hydrogen-bond acceptors (Lipinski definition) is 4. The van der Waals surface area contributed by atoms with Gasteiger partial charge >= 0.3 is 0 Å². The van der Waals surface area contributed by atoms with Crippen LogP contribution in [0, 0.1) is 0 Å². The Morgan fingerprint density at radius 1 is 1.38 bits per heavy atom. The summed E-state index contributed by atoms with van der Waals surface area (Å²) >= 11 is 7.66. The van der Waals surface area contributed by atoms with Crippen LogP contribution in [0.3, 0.4) is 0 Å². The predicted molar refractivity (Wildman–Crippen MR) is 98.8 cm³/mol. The number of hydrogen-bond donors (Lipinski definition) is 2. The number of halogens is 1. The molecule has 0 bridgehead atoms. The zero-order valence-corrected chi connectivity index (χ0v) is 15.1. The third-order valence-corrected chi connectivity index (χ3v) is 5.87. The summed E-state index contributed by atoms with van der Waals surface area (Å²) in [5.41, 5.74) is 7.23. The standard InChI is InChI=1S/C18H22ClN3OS/c19-14-5-3-4-13(10-14)18(7-1-2-8-18)12-21-17(23)15-11-24-16(22-15)6-9-20/h3-5,10-11H,1-2,6-9,12,20H2,(H,21,23). The quantitative estimate of drug-likeness (QED) is 0.824. The molecule has 1 aromatic heterocycles. The van der Waals surface area contributed by atoms with Crippen molar-refractivity contribution in [1.82, 2.24) is 10.3 Å². The fourth-order valence-electron chi connectivity index (χ4n) is 3.43. The first-order valence-corrected chi connectivity index (χ1v) is 9.57. The zero-order valence-electron chi connectivity index (χ0n) is 13.6. The molecule has 0 radical (unpaired) electrons. The third-order valence-electron chi connectivity index (χ3n) is 4.73. The molecule has 6 heteroatoms. The van der Waals surface area contributed by atoms with Crippen LogP contribution < -0.4 is 11.1 Å². The highest BCUT2D eigenvalue weighted by Crippen LogP contribution is 2.41. The van der Waals surface area contributed by atoms with Gasteiger partial charge in [-0.15, -0.1) is 11.3 Å². The van der Waals surface area contributed by atoms with Crippen LogP contribution in [0.1, 0.15) is 46.7 Å². The summed E-state index contributed by atoms with van der Waals surface area (Å²) in [4.78, 5) is 16.8. The molecule has 4 nitrogen and oxygen atoms in total. The first-order valence-electron chi connectivity index (χ1n) is 8.32. The number of nitrogens with zero attached hydrogens (tertiary/aromatic N) is 1. The van der Waals surface area contributed by atoms with Crippen LogP contribution in [-0.2, 0) is 11.8 Å². The summed E-state index contributed by atoms with van der Waals surface area (Å²) in [5.74, 6) is -0.108. The molecule has 0 atom stereocenters. The summed E-state index contributed by atoms with van der Waals surface area (Å²) in [6.07, 6.45) is 5.22. The predicted octanol–water partition coefficient (Wildman–Crippen LogP) is 3.54. The number of carbonyl (C=O) groups is 1. The van der Waals surface area contributed by atoms with Crippen LogP contribution in [0.15, 0.2) is 29.6 Å². The molecule has 2 aromatic rings. The third kappa shape index (κ3) is 3.79. The van der Waals surface area contributed by atoms with Gasteiger partial charge in [-0.05, 0) is 37.1 Å². The smallest absolute Gasteiger partial charge is 0.270 e. The van der Waals surface area contributed by atoms with Crippen molar-refractivity contribution in [1.29, 1.82) is 0 Å². The van der Waals surface area contributed by atoms with Crippen LogP contribution in [-0.4, -0.2) is 24.0 Å². The largest absolute Gasteiger partial charge is 0.350 e. The van der Waals surface area contributed by atoms with Crippen LogP contribution in [0.5, 0.6) is 0 Å². The molecule has 0 saturated heterocycles. The summed E-state index contributed by atoms with van der Waals surface area (Å²) in [6, 6.07) is 8.02. The SMILES string of the molecule is NCCc1nc(C(=O)NCC2(c3cccc(Cl)c3)CCCC2)cs1. The Hall–Kier alpha value is -1.43. The highest BCUT2D eigenvalue weighted by Gasteiger charge is 2.36. The molecule has 0 aliphatic heterocycles. The van der Waals surface area contributed by atoms with Gasteiger partial charge in [-0.1, -0.05) is 36.6 Å². The molecular formula is C18H22ClN3OS. The van der Waals surface area contributed by atoms with Gasteiger partial charge in [0, 0.05) is 28.8 Å². The maximum absolute atomic E-state index is 12.4. The Balaban J connectivity index is 1.71. The van der Waals surface area contributed by atoms with Crippen molar-refractivity contribution in [3.05, 3.63) is 50.9 Å². The molecule has 128 valence electrons. The number of benzene rings is 1. The average Bonchev–Trinajstić information content (AvgIpc) is 3.23. The van der Waals surface area contributed by atoms with E-state index in [-0.39, 0.29) is 11.3 Å². The molecule has 24 heavy (non-hydrogen) atoms. The molecule has 1 saturated carbocycles. The van der Waals surface area contributed by atoms with E-state index in [2.05, 4.69) is 16.4 Å². The maximum Gasteiger partial charge on any atom is 0.270 e. The van der Waals surface area contributed by atoms with E-state index in [9.17, 15) is 4.79 Å². The van der Waals surface area contributed by atoms with Crippen molar-refractivity contribution < 1.29 is 4.79 Å². The van der Waals surface area contributed by atoms with Crippen LogP contribution in [0.2, 0.25) is 5.02 Å². The van der Waals surface area contributed by atoms with Crippen molar-refractivity contribution in [2.75, 3.05) is 13.1 Å². The molecule has 0 unspecified atom stereocenters. The molecule has 3 rings (SSSR count). The van der Waals surface area contributed by atoms with E-state index >= 15 is 0 Å². The normalized spacial score (nSPS) is 16.2. The minimum Gasteiger partial charge on any atom is -0.350 e. The van der Waals surface area contributed by atoms with E-state index in [0.717, 1.165) is 22.9 Å². The summed E-state index contributed by atoms with van der Waals surface area (Å²) < 4.78 is 0. The molecule has 1 heterocycles.